The van der Waals surface area contributed by atoms with E-state index < -0.39 is 30.7 Å². The van der Waals surface area contributed by atoms with Crippen LogP contribution in [0.25, 0.3) is 17.4 Å². The maximum absolute atomic E-state index is 14.4. The van der Waals surface area contributed by atoms with Crippen molar-refractivity contribution in [3.63, 3.8) is 0 Å². The van der Waals surface area contributed by atoms with Crippen molar-refractivity contribution >= 4 is 37.0 Å². The summed E-state index contributed by atoms with van der Waals surface area (Å²) in [7, 11) is -4.14. The first-order chi connectivity index (χ1) is 23.1. The molecule has 262 valence electrons. The summed E-state index contributed by atoms with van der Waals surface area (Å²) in [5, 5.41) is 2.81. The molecule has 3 heterocycles. The van der Waals surface area contributed by atoms with Gasteiger partial charge in [-0.2, -0.15) is 10.1 Å². The van der Waals surface area contributed by atoms with Crippen molar-refractivity contribution in [2.24, 2.45) is 11.3 Å². The zero-order valence-electron chi connectivity index (χ0n) is 27.9. The molecule has 1 saturated carbocycles. The second kappa shape index (κ2) is 16.2. The van der Waals surface area contributed by atoms with Gasteiger partial charge in [0.2, 0.25) is 5.95 Å². The van der Waals surface area contributed by atoms with Gasteiger partial charge in [0.05, 0.1) is 19.8 Å². The lowest BCUT2D eigenvalue weighted by Gasteiger charge is -2.27. The molecule has 48 heavy (non-hydrogen) atoms. The zero-order valence-corrected chi connectivity index (χ0v) is 28.8. The van der Waals surface area contributed by atoms with Gasteiger partial charge in [0.25, 0.3) is 5.56 Å². The van der Waals surface area contributed by atoms with Gasteiger partial charge >= 0.3 is 13.7 Å². The highest BCUT2D eigenvalue weighted by atomic mass is 31.2. The Labute approximate surface area is 280 Å². The zero-order chi connectivity index (χ0) is 34.1. The molecule has 0 radical (unpaired) electrons. The van der Waals surface area contributed by atoms with Gasteiger partial charge in [0.15, 0.2) is 17.5 Å². The Kier molecular flexibility index (Phi) is 12.1. The number of carbonyl (C=O) groups is 1. The van der Waals surface area contributed by atoms with E-state index >= 15 is 0 Å². The first kappa shape index (κ1) is 35.7. The van der Waals surface area contributed by atoms with E-state index in [1.54, 1.807) is 42.0 Å². The number of ether oxygens (including phenoxy) is 3. The summed E-state index contributed by atoms with van der Waals surface area (Å²) in [4.78, 5) is 36.3. The maximum Gasteiger partial charge on any atom is 0.459 e. The highest BCUT2D eigenvalue weighted by molar-refractivity contribution is 7.52. The summed E-state index contributed by atoms with van der Waals surface area (Å²) in [6.07, 6.45) is 10.1. The molecular formula is C33H47N6O8P. The fraction of sp³-hybridized carbons (Fsp3) is 0.576. The molecule has 0 spiro atoms. The van der Waals surface area contributed by atoms with E-state index in [2.05, 4.69) is 33.9 Å². The van der Waals surface area contributed by atoms with Crippen molar-refractivity contribution in [2.75, 3.05) is 32.2 Å². The number of nitrogens with one attached hydrogen (secondary N) is 2. The number of nitrogen functional groups attached to an aromatic ring is 1. The summed E-state index contributed by atoms with van der Waals surface area (Å²) in [6, 6.07) is 7.66. The third-order valence-corrected chi connectivity index (χ3v) is 10.2. The van der Waals surface area contributed by atoms with Crippen LogP contribution in [-0.4, -0.2) is 64.2 Å². The molecule has 5 rings (SSSR count). The number of aromatic nitrogens is 4. The fourth-order valence-corrected chi connectivity index (χ4v) is 7.37. The normalized spacial score (nSPS) is 22.1. The highest BCUT2D eigenvalue weighted by Gasteiger charge is 2.52. The van der Waals surface area contributed by atoms with Gasteiger partial charge in [-0.05, 0) is 69.1 Å². The number of rotatable bonds is 18. The SMILES string of the molecule is CCCC(CCC)COC(=O)C(C)N[P@](=O)(OCC1(COC2CCCCO2)C/C1=C/n1cnc2c(=O)[nH]c(N)nc21)Oc1ccccc1. The number of nitrogens with zero attached hydrogens (tertiary/aromatic N) is 3. The predicted octanol–water partition coefficient (Wildman–Crippen LogP) is 5.42. The van der Waals surface area contributed by atoms with Crippen molar-refractivity contribution < 1.29 is 32.6 Å². The van der Waals surface area contributed by atoms with Crippen LogP contribution in [0.15, 0.2) is 47.0 Å². The Bertz CT molecular complexity index is 1650. The molecule has 4 atom stereocenters. The Hall–Kier alpha value is -3.55. The first-order valence-corrected chi connectivity index (χ1v) is 18.3. The third-order valence-electron chi connectivity index (χ3n) is 8.55. The molecule has 1 aromatic carbocycles. The van der Waals surface area contributed by atoms with E-state index in [0.717, 1.165) is 50.5 Å². The molecule has 1 aliphatic carbocycles. The van der Waals surface area contributed by atoms with E-state index in [0.29, 0.717) is 31.0 Å². The second-order valence-corrected chi connectivity index (χ2v) is 14.3. The summed E-state index contributed by atoms with van der Waals surface area (Å²) in [6.45, 7) is 6.85. The Balaban J connectivity index is 1.35. The van der Waals surface area contributed by atoms with E-state index in [4.69, 9.17) is 29.0 Å². The van der Waals surface area contributed by atoms with Crippen LogP contribution < -0.4 is 20.9 Å². The lowest BCUT2D eigenvalue weighted by molar-refractivity contribution is -0.171. The van der Waals surface area contributed by atoms with Crippen LogP contribution >= 0.6 is 7.75 Å². The lowest BCUT2D eigenvalue weighted by Crippen LogP contribution is -2.36. The van der Waals surface area contributed by atoms with Crippen molar-refractivity contribution in [1.29, 1.82) is 0 Å². The Morgan fingerprint density at radius 1 is 1.23 bits per heavy atom. The smallest absolute Gasteiger partial charge is 0.459 e. The molecule has 15 heteroatoms. The number of anilines is 1. The lowest BCUT2D eigenvalue weighted by atomic mass is 9.99. The minimum absolute atomic E-state index is 0.0280. The number of para-hydroxylation sites is 1. The standard InChI is InChI=1S/C33H47N6O8P/c1-4-11-24(12-5-2)19-44-31(41)23(3)38-48(42,47-26-13-7-6-8-14-26)46-21-33(20-45-27-15-9-10-16-43-27)17-25(33)18-39-22-35-28-29(39)36-32(34)37-30(28)40/h6-8,13-14,18,22-24,27H,4-5,9-12,15-17,19-21H2,1-3H3,(H,38,42)(H3,34,36,37,40)/b25-18-/t23?,27?,33?,48-/m0/s1. The van der Waals surface area contributed by atoms with Crippen molar-refractivity contribution in [2.45, 2.75) is 84.5 Å². The molecule has 2 aromatic heterocycles. The summed E-state index contributed by atoms with van der Waals surface area (Å²) in [5.74, 6) is 0.0114. The monoisotopic (exact) mass is 686 g/mol. The van der Waals surface area contributed by atoms with Crippen molar-refractivity contribution in [1.82, 2.24) is 24.6 Å². The van der Waals surface area contributed by atoms with Gasteiger partial charge in [-0.25, -0.2) is 9.55 Å². The van der Waals surface area contributed by atoms with Crippen LogP contribution in [-0.2, 0) is 28.1 Å². The maximum atomic E-state index is 14.4. The van der Waals surface area contributed by atoms with Crippen LogP contribution in [0.2, 0.25) is 0 Å². The van der Waals surface area contributed by atoms with Crippen LogP contribution in [0.5, 0.6) is 5.75 Å². The largest absolute Gasteiger partial charge is 0.464 e. The van der Waals surface area contributed by atoms with Gasteiger partial charge in [0.1, 0.15) is 18.1 Å². The number of benzene rings is 1. The number of fused-ring (bicyclic) bond motifs is 1. The molecule has 4 N–H and O–H groups in total. The van der Waals surface area contributed by atoms with Crippen LogP contribution in [0.4, 0.5) is 5.95 Å². The van der Waals surface area contributed by atoms with Gasteiger partial charge < -0.3 is 24.5 Å². The molecule has 0 amide bonds. The van der Waals surface area contributed by atoms with Gasteiger partial charge in [-0.15, -0.1) is 0 Å². The average Bonchev–Trinajstić information content (AvgIpc) is 3.61. The topological polar surface area (TPSA) is 182 Å². The number of H-pyrrole nitrogens is 1. The Morgan fingerprint density at radius 3 is 2.71 bits per heavy atom. The van der Waals surface area contributed by atoms with E-state index in [1.165, 1.54) is 6.33 Å². The van der Waals surface area contributed by atoms with Crippen molar-refractivity contribution in [3.05, 3.63) is 52.6 Å². The van der Waals surface area contributed by atoms with Gasteiger partial charge in [-0.1, -0.05) is 44.9 Å². The second-order valence-electron chi connectivity index (χ2n) is 12.6. The number of carbonyl (C=O) groups excluding carboxylic acids is 1. The molecular weight excluding hydrogens is 639 g/mol. The summed E-state index contributed by atoms with van der Waals surface area (Å²) >= 11 is 0. The van der Waals surface area contributed by atoms with Gasteiger partial charge in [0, 0.05) is 18.2 Å². The third kappa shape index (κ3) is 9.32. The van der Waals surface area contributed by atoms with E-state index in [-0.39, 0.29) is 36.9 Å². The molecule has 2 aliphatic rings. The number of imidazole rings is 1. The minimum Gasteiger partial charge on any atom is -0.464 e. The Morgan fingerprint density at radius 2 is 2.00 bits per heavy atom. The van der Waals surface area contributed by atoms with Crippen LogP contribution in [0.1, 0.15) is 72.1 Å². The first-order valence-electron chi connectivity index (χ1n) is 16.7. The average molecular weight is 687 g/mol. The molecule has 3 unspecified atom stereocenters. The highest BCUT2D eigenvalue weighted by Crippen LogP contribution is 2.57. The van der Waals surface area contributed by atoms with Crippen LogP contribution in [0.3, 0.4) is 0 Å². The van der Waals surface area contributed by atoms with E-state index in [1.807, 2.05) is 6.07 Å². The molecule has 1 saturated heterocycles. The number of hydrogen-bond donors (Lipinski definition) is 3. The number of nitrogens with two attached hydrogens (primary N) is 1. The molecule has 0 bridgehead atoms. The molecule has 1 aliphatic heterocycles. The van der Waals surface area contributed by atoms with Crippen molar-refractivity contribution in [3.8, 4) is 5.75 Å². The molecule has 14 nitrogen and oxygen atoms in total. The van der Waals surface area contributed by atoms with E-state index in [9.17, 15) is 14.2 Å². The quantitative estimate of drug-likeness (QED) is 0.114. The van der Waals surface area contributed by atoms with Gasteiger partial charge in [-0.3, -0.25) is 23.7 Å². The van der Waals surface area contributed by atoms with Crippen LogP contribution in [0, 0.1) is 11.3 Å². The number of esters is 1. The predicted molar refractivity (Wildman–Crippen MR) is 181 cm³/mol. The summed E-state index contributed by atoms with van der Waals surface area (Å²) < 4.78 is 45.7. The number of hydrogen-bond acceptors (Lipinski definition) is 11. The minimum atomic E-state index is -4.14. The molecule has 3 aromatic rings. The molecule has 2 fully saturated rings. The number of aromatic amines is 1. The fourth-order valence-electron chi connectivity index (χ4n) is 5.79. The summed E-state index contributed by atoms with van der Waals surface area (Å²) in [5.41, 5.74) is 5.98.